The molecule has 4 nitrogen and oxygen atoms in total. The number of rotatable bonds is 4. The molecular formula is C16H17N3OS. The van der Waals surface area contributed by atoms with E-state index in [1.807, 2.05) is 42.8 Å². The number of carbonyl (C=O) groups excluding carboxylic acids is 1. The summed E-state index contributed by atoms with van der Waals surface area (Å²) < 4.78 is 1.95. The minimum atomic E-state index is 0.101. The standard InChI is InChI=1S/C16H17N3OS/c1-4-19-14-8-6-5-7-12(14)13(18-19)9-15(20)16-10(2)17-11(3)21-16/h5-8H,4,9H2,1-3H3. The van der Waals surface area contributed by atoms with Crippen molar-refractivity contribution in [3.05, 3.63) is 45.5 Å². The first kappa shape index (κ1) is 13.9. The molecule has 0 N–H and O–H groups in total. The highest BCUT2D eigenvalue weighted by molar-refractivity contribution is 7.13. The number of hydrogen-bond acceptors (Lipinski definition) is 4. The van der Waals surface area contributed by atoms with Gasteiger partial charge in [-0.2, -0.15) is 5.10 Å². The van der Waals surface area contributed by atoms with Gasteiger partial charge in [0.2, 0.25) is 0 Å². The summed E-state index contributed by atoms with van der Waals surface area (Å²) in [7, 11) is 0. The average Bonchev–Trinajstić information content (AvgIpc) is 2.99. The second-order valence-corrected chi connectivity index (χ2v) is 6.23. The van der Waals surface area contributed by atoms with Crippen molar-refractivity contribution in [3.63, 3.8) is 0 Å². The van der Waals surface area contributed by atoms with Gasteiger partial charge in [-0.1, -0.05) is 18.2 Å². The number of ketones is 1. The molecule has 0 radical (unpaired) electrons. The van der Waals surface area contributed by atoms with Gasteiger partial charge in [0.15, 0.2) is 5.78 Å². The number of aryl methyl sites for hydroxylation is 3. The molecule has 21 heavy (non-hydrogen) atoms. The number of aromatic nitrogens is 3. The summed E-state index contributed by atoms with van der Waals surface area (Å²) in [4.78, 5) is 17.6. The number of thiazole rings is 1. The van der Waals surface area contributed by atoms with Gasteiger partial charge in [-0.15, -0.1) is 11.3 Å². The van der Waals surface area contributed by atoms with E-state index in [-0.39, 0.29) is 5.78 Å². The third-order valence-corrected chi connectivity index (χ3v) is 4.63. The molecule has 0 amide bonds. The van der Waals surface area contributed by atoms with E-state index >= 15 is 0 Å². The average molecular weight is 299 g/mol. The van der Waals surface area contributed by atoms with Crippen LogP contribution >= 0.6 is 11.3 Å². The van der Waals surface area contributed by atoms with Crippen LogP contribution in [0.1, 0.15) is 33.0 Å². The van der Waals surface area contributed by atoms with Gasteiger partial charge in [0.1, 0.15) is 0 Å². The van der Waals surface area contributed by atoms with Crippen LogP contribution in [0.4, 0.5) is 0 Å². The maximum Gasteiger partial charge on any atom is 0.180 e. The third-order valence-electron chi connectivity index (χ3n) is 3.52. The van der Waals surface area contributed by atoms with Crippen LogP contribution in [0, 0.1) is 13.8 Å². The maximum absolute atomic E-state index is 12.5. The number of fused-ring (bicyclic) bond motifs is 1. The Balaban J connectivity index is 1.98. The quantitative estimate of drug-likeness (QED) is 0.692. The lowest BCUT2D eigenvalue weighted by molar-refractivity contribution is 0.0995. The topological polar surface area (TPSA) is 47.8 Å². The van der Waals surface area contributed by atoms with Gasteiger partial charge in [-0.3, -0.25) is 9.48 Å². The maximum atomic E-state index is 12.5. The van der Waals surface area contributed by atoms with Crippen molar-refractivity contribution in [2.75, 3.05) is 0 Å². The van der Waals surface area contributed by atoms with E-state index in [2.05, 4.69) is 17.0 Å². The van der Waals surface area contributed by atoms with Gasteiger partial charge in [0, 0.05) is 11.9 Å². The summed E-state index contributed by atoms with van der Waals surface area (Å²) in [5, 5.41) is 6.58. The van der Waals surface area contributed by atoms with E-state index in [4.69, 9.17) is 0 Å². The van der Waals surface area contributed by atoms with Crippen molar-refractivity contribution in [1.82, 2.24) is 14.8 Å². The molecule has 5 heteroatoms. The SMILES string of the molecule is CCn1nc(CC(=O)c2sc(C)nc2C)c2ccccc21. The fourth-order valence-electron chi connectivity index (χ4n) is 2.59. The van der Waals surface area contributed by atoms with Gasteiger partial charge >= 0.3 is 0 Å². The number of carbonyl (C=O) groups is 1. The van der Waals surface area contributed by atoms with Crippen molar-refractivity contribution >= 4 is 28.0 Å². The Morgan fingerprint density at radius 2 is 2.05 bits per heavy atom. The molecule has 0 aliphatic carbocycles. The first-order chi connectivity index (χ1) is 10.1. The van der Waals surface area contributed by atoms with E-state index in [1.165, 1.54) is 11.3 Å². The third kappa shape index (κ3) is 2.49. The Kier molecular flexibility index (Phi) is 3.59. The smallest absolute Gasteiger partial charge is 0.180 e. The molecule has 1 aromatic carbocycles. The molecule has 108 valence electrons. The molecule has 0 aliphatic heterocycles. The Bertz CT molecular complexity index is 816. The molecule has 0 saturated carbocycles. The fraction of sp³-hybridized carbons (Fsp3) is 0.312. The lowest BCUT2D eigenvalue weighted by Gasteiger charge is -1.97. The van der Waals surface area contributed by atoms with Crippen LogP contribution in [0.15, 0.2) is 24.3 Å². The van der Waals surface area contributed by atoms with Crippen LogP contribution in [0.3, 0.4) is 0 Å². The normalized spacial score (nSPS) is 11.2. The molecular weight excluding hydrogens is 282 g/mol. The predicted octanol–water partition coefficient (Wildman–Crippen LogP) is 3.55. The molecule has 2 heterocycles. The van der Waals surface area contributed by atoms with Gasteiger partial charge < -0.3 is 0 Å². The van der Waals surface area contributed by atoms with Crippen molar-refractivity contribution in [2.24, 2.45) is 0 Å². The Morgan fingerprint density at radius 1 is 1.29 bits per heavy atom. The molecule has 0 unspecified atom stereocenters. The molecule has 0 spiro atoms. The van der Waals surface area contributed by atoms with E-state index < -0.39 is 0 Å². The molecule has 0 atom stereocenters. The molecule has 0 bridgehead atoms. The number of para-hydroxylation sites is 1. The van der Waals surface area contributed by atoms with Gasteiger partial charge in [-0.25, -0.2) is 4.98 Å². The molecule has 0 aliphatic rings. The second kappa shape index (κ2) is 5.41. The van der Waals surface area contributed by atoms with Gasteiger partial charge in [0.25, 0.3) is 0 Å². The summed E-state index contributed by atoms with van der Waals surface area (Å²) in [6.45, 7) is 6.67. The predicted molar refractivity (Wildman–Crippen MR) is 85.0 cm³/mol. The number of nitrogens with zero attached hydrogens (tertiary/aromatic N) is 3. The fourth-order valence-corrected chi connectivity index (χ4v) is 3.45. The number of Topliss-reactive ketones (excluding diaryl/α,β-unsaturated/α-hetero) is 1. The van der Waals surface area contributed by atoms with E-state index in [0.29, 0.717) is 6.42 Å². The Labute approximate surface area is 127 Å². The van der Waals surface area contributed by atoms with Gasteiger partial charge in [-0.05, 0) is 26.8 Å². The lowest BCUT2D eigenvalue weighted by Crippen LogP contribution is -2.05. The minimum Gasteiger partial charge on any atom is -0.293 e. The summed E-state index contributed by atoms with van der Waals surface area (Å²) in [6.07, 6.45) is 0.329. The first-order valence-electron chi connectivity index (χ1n) is 7.01. The summed E-state index contributed by atoms with van der Waals surface area (Å²) in [5.41, 5.74) is 2.75. The molecule has 3 rings (SSSR count). The Morgan fingerprint density at radius 3 is 2.71 bits per heavy atom. The highest BCUT2D eigenvalue weighted by atomic mass is 32.1. The van der Waals surface area contributed by atoms with Crippen molar-refractivity contribution in [2.45, 2.75) is 33.7 Å². The van der Waals surface area contributed by atoms with Crippen molar-refractivity contribution in [3.8, 4) is 0 Å². The highest BCUT2D eigenvalue weighted by Crippen LogP contribution is 2.23. The lowest BCUT2D eigenvalue weighted by atomic mass is 10.1. The summed E-state index contributed by atoms with van der Waals surface area (Å²) >= 11 is 1.46. The minimum absolute atomic E-state index is 0.101. The monoisotopic (exact) mass is 299 g/mol. The zero-order chi connectivity index (χ0) is 15.0. The summed E-state index contributed by atoms with van der Waals surface area (Å²) in [6, 6.07) is 8.06. The second-order valence-electron chi connectivity index (χ2n) is 5.03. The van der Waals surface area contributed by atoms with Crippen LogP contribution in [0.2, 0.25) is 0 Å². The van der Waals surface area contributed by atoms with Crippen LogP contribution in [0.5, 0.6) is 0 Å². The molecule has 2 aromatic heterocycles. The van der Waals surface area contributed by atoms with Gasteiger partial charge in [0.05, 0.1) is 33.2 Å². The zero-order valence-corrected chi connectivity index (χ0v) is 13.2. The van der Waals surface area contributed by atoms with E-state index in [9.17, 15) is 4.79 Å². The number of hydrogen-bond donors (Lipinski definition) is 0. The molecule has 0 fully saturated rings. The largest absolute Gasteiger partial charge is 0.293 e. The van der Waals surface area contributed by atoms with Crippen LogP contribution in [0.25, 0.3) is 10.9 Å². The zero-order valence-electron chi connectivity index (χ0n) is 12.4. The highest BCUT2D eigenvalue weighted by Gasteiger charge is 2.18. The van der Waals surface area contributed by atoms with Crippen LogP contribution in [-0.4, -0.2) is 20.5 Å². The molecule has 3 aromatic rings. The van der Waals surface area contributed by atoms with Crippen LogP contribution < -0.4 is 0 Å². The summed E-state index contributed by atoms with van der Waals surface area (Å²) in [5.74, 6) is 0.101. The van der Waals surface area contributed by atoms with Crippen molar-refractivity contribution < 1.29 is 4.79 Å². The van der Waals surface area contributed by atoms with E-state index in [0.717, 1.165) is 38.7 Å². The van der Waals surface area contributed by atoms with E-state index in [1.54, 1.807) is 0 Å². The van der Waals surface area contributed by atoms with Crippen LogP contribution in [-0.2, 0) is 13.0 Å². The van der Waals surface area contributed by atoms with Crippen molar-refractivity contribution in [1.29, 1.82) is 0 Å². The molecule has 0 saturated heterocycles. The Hall–Kier alpha value is -2.01. The first-order valence-corrected chi connectivity index (χ1v) is 7.83. The number of benzene rings is 1.